The third-order valence-corrected chi connectivity index (χ3v) is 4.54. The first kappa shape index (κ1) is 22.7. The van der Waals surface area contributed by atoms with Gasteiger partial charge in [-0.15, -0.1) is 0 Å². The number of hydrogen-bond donors (Lipinski definition) is 1. The number of anilines is 1. The molecule has 0 aliphatic heterocycles. The largest absolute Gasteiger partial charge is 0.495 e. The lowest BCUT2D eigenvalue weighted by Crippen LogP contribution is -2.20. The fraction of sp³-hybridized carbons (Fsp3) is 0.261. The van der Waals surface area contributed by atoms with E-state index in [1.807, 2.05) is 6.92 Å². The summed E-state index contributed by atoms with van der Waals surface area (Å²) in [4.78, 5) is 28.8. The Morgan fingerprint density at radius 3 is 2.44 bits per heavy atom. The second-order valence-corrected chi connectivity index (χ2v) is 6.73. The molecule has 9 nitrogen and oxygen atoms in total. The van der Waals surface area contributed by atoms with Gasteiger partial charge in [-0.2, -0.15) is 0 Å². The highest BCUT2D eigenvalue weighted by Crippen LogP contribution is 2.29. The molecule has 0 aliphatic carbocycles. The Hall–Kier alpha value is -4.01. The maximum atomic E-state index is 12.4. The quantitative estimate of drug-likeness (QED) is 0.502. The average molecular weight is 440 g/mol. The number of nitrogens with zero attached hydrogens (tertiary/aromatic N) is 1. The molecule has 0 bridgehead atoms. The summed E-state index contributed by atoms with van der Waals surface area (Å²) < 4.78 is 26.7. The van der Waals surface area contributed by atoms with Gasteiger partial charge in [0.15, 0.2) is 24.7 Å². The normalized spacial score (nSPS) is 10.4. The van der Waals surface area contributed by atoms with Gasteiger partial charge in [0.05, 0.1) is 31.2 Å². The summed E-state index contributed by atoms with van der Waals surface area (Å²) in [6.07, 6.45) is 0. The van der Waals surface area contributed by atoms with Crippen molar-refractivity contribution in [2.45, 2.75) is 20.5 Å². The highest BCUT2D eigenvalue weighted by Gasteiger charge is 2.16. The van der Waals surface area contributed by atoms with Crippen molar-refractivity contribution in [2.24, 2.45) is 0 Å². The highest BCUT2D eigenvalue weighted by atomic mass is 16.5. The van der Waals surface area contributed by atoms with E-state index in [9.17, 15) is 9.59 Å². The summed E-state index contributed by atoms with van der Waals surface area (Å²) in [5.41, 5.74) is 1.53. The third-order valence-electron chi connectivity index (χ3n) is 4.54. The molecule has 3 rings (SSSR count). The molecule has 1 N–H and O–H groups in total. The summed E-state index contributed by atoms with van der Waals surface area (Å²) >= 11 is 0. The number of benzene rings is 2. The number of para-hydroxylation sites is 2. The second-order valence-electron chi connectivity index (χ2n) is 6.73. The van der Waals surface area contributed by atoms with Crippen molar-refractivity contribution in [1.82, 2.24) is 4.98 Å². The van der Waals surface area contributed by atoms with Gasteiger partial charge < -0.3 is 28.7 Å². The number of amides is 1. The molecule has 2 aromatic carbocycles. The molecule has 0 unspecified atom stereocenters. The SMILES string of the molecule is COc1ccccc1NC(=O)COc1ccc(C(=O)OCc2nc(C)c(C)o2)cc1OC. The Morgan fingerprint density at radius 2 is 1.75 bits per heavy atom. The predicted molar refractivity (Wildman–Crippen MR) is 115 cm³/mol. The molecule has 1 heterocycles. The summed E-state index contributed by atoms with van der Waals surface area (Å²) in [6.45, 7) is 3.25. The molecule has 168 valence electrons. The molecule has 0 saturated heterocycles. The molecular weight excluding hydrogens is 416 g/mol. The lowest BCUT2D eigenvalue weighted by atomic mass is 10.2. The number of methoxy groups -OCH3 is 2. The average Bonchev–Trinajstić information content (AvgIpc) is 3.13. The fourth-order valence-electron chi connectivity index (χ4n) is 2.80. The zero-order valence-corrected chi connectivity index (χ0v) is 18.3. The van der Waals surface area contributed by atoms with Gasteiger partial charge in [0.2, 0.25) is 5.89 Å². The molecule has 32 heavy (non-hydrogen) atoms. The Bertz CT molecular complexity index is 1090. The molecule has 9 heteroatoms. The molecule has 1 aromatic heterocycles. The van der Waals surface area contributed by atoms with Crippen LogP contribution in [0.1, 0.15) is 27.7 Å². The maximum Gasteiger partial charge on any atom is 0.338 e. The molecule has 0 fully saturated rings. The number of carbonyl (C=O) groups is 2. The van der Waals surface area contributed by atoms with Crippen LogP contribution in [0.4, 0.5) is 5.69 Å². The van der Waals surface area contributed by atoms with Crippen molar-refractivity contribution in [3.63, 3.8) is 0 Å². The van der Waals surface area contributed by atoms with E-state index in [-0.39, 0.29) is 30.4 Å². The summed E-state index contributed by atoms with van der Waals surface area (Å²) in [5.74, 6) is 1.17. The van der Waals surface area contributed by atoms with Crippen LogP contribution in [-0.2, 0) is 16.1 Å². The van der Waals surface area contributed by atoms with Crippen molar-refractivity contribution in [3.05, 3.63) is 65.4 Å². The predicted octanol–water partition coefficient (Wildman–Crippen LogP) is 3.68. The van der Waals surface area contributed by atoms with Gasteiger partial charge in [0.25, 0.3) is 5.91 Å². The number of esters is 1. The van der Waals surface area contributed by atoms with Crippen molar-refractivity contribution >= 4 is 17.6 Å². The van der Waals surface area contributed by atoms with Crippen molar-refractivity contribution < 1.29 is 33.0 Å². The lowest BCUT2D eigenvalue weighted by molar-refractivity contribution is -0.118. The van der Waals surface area contributed by atoms with Crippen molar-refractivity contribution in [2.75, 3.05) is 26.1 Å². The van der Waals surface area contributed by atoms with Crippen LogP contribution in [-0.4, -0.2) is 37.7 Å². The van der Waals surface area contributed by atoms with Gasteiger partial charge in [-0.25, -0.2) is 9.78 Å². The molecule has 0 spiro atoms. The highest BCUT2D eigenvalue weighted by molar-refractivity contribution is 5.93. The van der Waals surface area contributed by atoms with E-state index in [4.69, 9.17) is 23.4 Å². The lowest BCUT2D eigenvalue weighted by Gasteiger charge is -2.13. The first-order chi connectivity index (χ1) is 15.4. The van der Waals surface area contributed by atoms with Crippen LogP contribution in [0.25, 0.3) is 0 Å². The van der Waals surface area contributed by atoms with Crippen LogP contribution in [0.15, 0.2) is 46.9 Å². The number of oxazole rings is 1. The topological polar surface area (TPSA) is 109 Å². The van der Waals surface area contributed by atoms with Crippen LogP contribution >= 0.6 is 0 Å². The van der Waals surface area contributed by atoms with Gasteiger partial charge in [-0.05, 0) is 44.2 Å². The minimum Gasteiger partial charge on any atom is -0.495 e. The summed E-state index contributed by atoms with van der Waals surface area (Å²) in [6, 6.07) is 11.6. The van der Waals surface area contributed by atoms with E-state index < -0.39 is 5.97 Å². The first-order valence-corrected chi connectivity index (χ1v) is 9.75. The smallest absolute Gasteiger partial charge is 0.338 e. The number of nitrogens with one attached hydrogen (secondary N) is 1. The zero-order valence-electron chi connectivity index (χ0n) is 18.3. The van der Waals surface area contributed by atoms with Gasteiger partial charge in [-0.1, -0.05) is 12.1 Å². The molecular formula is C23H24N2O7. The molecule has 0 saturated carbocycles. The number of ether oxygens (including phenoxy) is 4. The summed E-state index contributed by atoms with van der Waals surface area (Å²) in [5, 5.41) is 2.72. The number of aromatic nitrogens is 1. The van der Waals surface area contributed by atoms with Crippen LogP contribution < -0.4 is 19.5 Å². The van der Waals surface area contributed by atoms with E-state index in [2.05, 4.69) is 10.3 Å². The number of rotatable bonds is 9. The van der Waals surface area contributed by atoms with Gasteiger partial charge in [0.1, 0.15) is 11.5 Å². The number of carbonyl (C=O) groups excluding carboxylic acids is 2. The van der Waals surface area contributed by atoms with Crippen LogP contribution in [0.5, 0.6) is 17.2 Å². The Kier molecular flexibility index (Phi) is 7.33. The molecule has 0 radical (unpaired) electrons. The van der Waals surface area contributed by atoms with Crippen LogP contribution in [0.3, 0.4) is 0 Å². The standard InChI is InChI=1S/C23H24N2O7/c1-14-15(2)32-22(24-14)13-31-23(27)16-9-10-19(20(11-16)29-4)30-12-21(26)25-17-7-5-6-8-18(17)28-3/h5-11H,12-13H2,1-4H3,(H,25,26). The van der Waals surface area contributed by atoms with Crippen molar-refractivity contribution in [3.8, 4) is 17.2 Å². The van der Waals surface area contributed by atoms with Crippen LogP contribution in [0.2, 0.25) is 0 Å². The Morgan fingerprint density at radius 1 is 1.00 bits per heavy atom. The monoisotopic (exact) mass is 440 g/mol. The maximum absolute atomic E-state index is 12.4. The van der Waals surface area contributed by atoms with E-state index in [1.165, 1.54) is 32.4 Å². The Labute approximate surface area is 185 Å². The number of hydrogen-bond acceptors (Lipinski definition) is 8. The molecule has 1 amide bonds. The second kappa shape index (κ2) is 10.3. The molecule has 3 aromatic rings. The van der Waals surface area contributed by atoms with E-state index in [1.54, 1.807) is 31.2 Å². The molecule has 0 atom stereocenters. The van der Waals surface area contributed by atoms with Gasteiger partial charge in [-0.3, -0.25) is 4.79 Å². The molecule has 0 aliphatic rings. The third kappa shape index (κ3) is 5.57. The van der Waals surface area contributed by atoms with Crippen LogP contribution in [0, 0.1) is 13.8 Å². The minimum atomic E-state index is -0.572. The fourth-order valence-corrected chi connectivity index (χ4v) is 2.80. The Balaban J connectivity index is 1.59. The van der Waals surface area contributed by atoms with E-state index >= 15 is 0 Å². The van der Waals surface area contributed by atoms with E-state index in [0.29, 0.717) is 28.8 Å². The summed E-state index contributed by atoms with van der Waals surface area (Å²) in [7, 11) is 2.96. The minimum absolute atomic E-state index is 0.0861. The van der Waals surface area contributed by atoms with E-state index in [0.717, 1.165) is 5.69 Å². The number of aryl methyl sites for hydroxylation is 2. The first-order valence-electron chi connectivity index (χ1n) is 9.75. The van der Waals surface area contributed by atoms with Crippen molar-refractivity contribution in [1.29, 1.82) is 0 Å². The van der Waals surface area contributed by atoms with Gasteiger partial charge in [0, 0.05) is 0 Å². The zero-order chi connectivity index (χ0) is 23.1. The van der Waals surface area contributed by atoms with Gasteiger partial charge >= 0.3 is 5.97 Å².